The Hall–Kier alpha value is -2.26. The maximum atomic E-state index is 12.1. The van der Waals surface area contributed by atoms with Gasteiger partial charge in [-0.3, -0.25) is 4.79 Å². The third kappa shape index (κ3) is 3.80. The standard InChI is InChI=1S/C15H19N5O3S/c1-23-6-5-20-9-10(7-13(20)21)8-16-15(22)17-11-3-2-4-12-14(11)19-24-18-12/h2-4,10H,5-9H2,1H3,(H2,16,17,22)/t10-/m1/s1. The minimum absolute atomic E-state index is 0.109. The lowest BCUT2D eigenvalue weighted by atomic mass is 10.1. The number of rotatable bonds is 6. The first kappa shape index (κ1) is 16.6. The number of fused-ring (bicyclic) bond motifs is 1. The van der Waals surface area contributed by atoms with Crippen molar-refractivity contribution in [2.24, 2.45) is 5.92 Å². The topological polar surface area (TPSA) is 96.5 Å². The molecule has 2 aromatic rings. The number of urea groups is 1. The summed E-state index contributed by atoms with van der Waals surface area (Å²) in [5.74, 6) is 0.231. The second-order valence-electron chi connectivity index (χ2n) is 5.68. The van der Waals surface area contributed by atoms with Crippen LogP contribution >= 0.6 is 11.7 Å². The molecule has 2 heterocycles. The Balaban J connectivity index is 1.49. The molecular weight excluding hydrogens is 330 g/mol. The molecule has 1 aliphatic rings. The van der Waals surface area contributed by atoms with E-state index in [2.05, 4.69) is 19.4 Å². The zero-order valence-corrected chi connectivity index (χ0v) is 14.1. The van der Waals surface area contributed by atoms with E-state index in [0.29, 0.717) is 43.9 Å². The maximum absolute atomic E-state index is 12.1. The molecular formula is C15H19N5O3S. The van der Waals surface area contributed by atoms with Gasteiger partial charge in [-0.1, -0.05) is 6.07 Å². The molecule has 1 saturated heterocycles. The van der Waals surface area contributed by atoms with Gasteiger partial charge in [-0.2, -0.15) is 8.75 Å². The van der Waals surface area contributed by atoms with Gasteiger partial charge in [-0.05, 0) is 12.1 Å². The highest BCUT2D eigenvalue weighted by molar-refractivity contribution is 7.00. The second kappa shape index (κ2) is 7.54. The Morgan fingerprint density at radius 3 is 3.17 bits per heavy atom. The van der Waals surface area contributed by atoms with E-state index in [0.717, 1.165) is 17.2 Å². The number of carbonyl (C=O) groups excluding carboxylic acids is 2. The Morgan fingerprint density at radius 1 is 1.46 bits per heavy atom. The molecule has 0 saturated carbocycles. The van der Waals surface area contributed by atoms with Gasteiger partial charge >= 0.3 is 6.03 Å². The number of nitrogens with one attached hydrogen (secondary N) is 2. The van der Waals surface area contributed by atoms with Crippen molar-refractivity contribution in [1.29, 1.82) is 0 Å². The van der Waals surface area contributed by atoms with Crippen molar-refractivity contribution in [2.75, 3.05) is 38.7 Å². The molecule has 9 heteroatoms. The Bertz CT molecular complexity index is 735. The van der Waals surface area contributed by atoms with Crippen molar-refractivity contribution < 1.29 is 14.3 Å². The highest BCUT2D eigenvalue weighted by Gasteiger charge is 2.29. The molecule has 0 spiro atoms. The minimum atomic E-state index is -0.307. The molecule has 0 bridgehead atoms. The summed E-state index contributed by atoms with van der Waals surface area (Å²) in [6, 6.07) is 5.15. The molecule has 128 valence electrons. The molecule has 3 amide bonds. The van der Waals surface area contributed by atoms with E-state index in [-0.39, 0.29) is 17.9 Å². The summed E-state index contributed by atoms with van der Waals surface area (Å²) < 4.78 is 13.3. The molecule has 1 fully saturated rings. The Morgan fingerprint density at radius 2 is 2.33 bits per heavy atom. The van der Waals surface area contributed by atoms with E-state index < -0.39 is 0 Å². The first-order valence-corrected chi connectivity index (χ1v) is 8.43. The third-order valence-electron chi connectivity index (χ3n) is 3.95. The summed E-state index contributed by atoms with van der Waals surface area (Å²) in [5, 5.41) is 5.61. The number of methoxy groups -OCH3 is 1. The first-order valence-electron chi connectivity index (χ1n) is 7.70. The van der Waals surface area contributed by atoms with Crippen LogP contribution in [0, 0.1) is 5.92 Å². The fraction of sp³-hybridized carbons (Fsp3) is 0.467. The van der Waals surface area contributed by atoms with E-state index in [1.165, 1.54) is 0 Å². The molecule has 1 aliphatic heterocycles. The van der Waals surface area contributed by atoms with Crippen LogP contribution < -0.4 is 10.6 Å². The third-order valence-corrected chi connectivity index (χ3v) is 4.49. The van der Waals surface area contributed by atoms with E-state index >= 15 is 0 Å². The number of benzene rings is 1. The van der Waals surface area contributed by atoms with Crippen LogP contribution in [0.15, 0.2) is 18.2 Å². The van der Waals surface area contributed by atoms with Crippen molar-refractivity contribution in [2.45, 2.75) is 6.42 Å². The largest absolute Gasteiger partial charge is 0.383 e. The highest BCUT2D eigenvalue weighted by Crippen LogP contribution is 2.21. The monoisotopic (exact) mass is 349 g/mol. The van der Waals surface area contributed by atoms with Crippen LogP contribution in [-0.4, -0.2) is 58.9 Å². The lowest BCUT2D eigenvalue weighted by Crippen LogP contribution is -2.34. The van der Waals surface area contributed by atoms with Gasteiger partial charge in [0.1, 0.15) is 11.0 Å². The van der Waals surface area contributed by atoms with E-state index in [4.69, 9.17) is 4.74 Å². The molecule has 1 aromatic carbocycles. The van der Waals surface area contributed by atoms with Crippen molar-refractivity contribution in [1.82, 2.24) is 19.0 Å². The summed E-state index contributed by atoms with van der Waals surface area (Å²) in [5.41, 5.74) is 2.07. The number of nitrogens with zero attached hydrogens (tertiary/aromatic N) is 3. The predicted octanol–water partition coefficient (Wildman–Crippen LogP) is 1.31. The minimum Gasteiger partial charge on any atom is -0.383 e. The summed E-state index contributed by atoms with van der Waals surface area (Å²) in [4.78, 5) is 25.7. The van der Waals surface area contributed by atoms with Gasteiger partial charge in [0, 0.05) is 39.1 Å². The zero-order chi connectivity index (χ0) is 16.9. The van der Waals surface area contributed by atoms with Crippen molar-refractivity contribution in [3.63, 3.8) is 0 Å². The lowest BCUT2D eigenvalue weighted by molar-refractivity contribution is -0.128. The van der Waals surface area contributed by atoms with E-state index in [1.54, 1.807) is 18.1 Å². The average molecular weight is 349 g/mol. The summed E-state index contributed by atoms with van der Waals surface area (Å²) in [7, 11) is 1.61. The second-order valence-corrected chi connectivity index (χ2v) is 6.20. The molecule has 8 nitrogen and oxygen atoms in total. The quantitative estimate of drug-likeness (QED) is 0.820. The molecule has 2 N–H and O–H groups in total. The number of hydrogen-bond acceptors (Lipinski definition) is 6. The van der Waals surface area contributed by atoms with E-state index in [1.807, 2.05) is 12.1 Å². The number of likely N-dealkylation sites (tertiary alicyclic amines) is 1. The van der Waals surface area contributed by atoms with Crippen molar-refractivity contribution in [3.8, 4) is 0 Å². The van der Waals surface area contributed by atoms with Crippen LogP contribution in [-0.2, 0) is 9.53 Å². The number of amides is 3. The average Bonchev–Trinajstić information content (AvgIpc) is 3.18. The fourth-order valence-electron chi connectivity index (χ4n) is 2.72. The van der Waals surface area contributed by atoms with Gasteiger partial charge in [0.2, 0.25) is 5.91 Å². The Labute approximate surface area is 143 Å². The zero-order valence-electron chi connectivity index (χ0n) is 13.3. The number of anilines is 1. The van der Waals surface area contributed by atoms with Crippen LogP contribution in [0.25, 0.3) is 11.0 Å². The van der Waals surface area contributed by atoms with Crippen LogP contribution in [0.4, 0.5) is 10.5 Å². The molecule has 3 rings (SSSR count). The Kier molecular flexibility index (Phi) is 5.21. The molecule has 0 radical (unpaired) electrons. The van der Waals surface area contributed by atoms with Gasteiger partial charge in [-0.15, -0.1) is 0 Å². The molecule has 0 unspecified atom stereocenters. The summed E-state index contributed by atoms with van der Waals surface area (Å²) in [6.07, 6.45) is 0.454. The van der Waals surface area contributed by atoms with Gasteiger partial charge in [-0.25, -0.2) is 4.79 Å². The van der Waals surface area contributed by atoms with Crippen LogP contribution in [0.2, 0.25) is 0 Å². The molecule has 24 heavy (non-hydrogen) atoms. The van der Waals surface area contributed by atoms with Crippen LogP contribution in [0.3, 0.4) is 0 Å². The normalized spacial score (nSPS) is 17.5. The fourth-order valence-corrected chi connectivity index (χ4v) is 3.27. The molecule has 0 aliphatic carbocycles. The van der Waals surface area contributed by atoms with Crippen LogP contribution in [0.5, 0.6) is 0 Å². The SMILES string of the molecule is COCCN1C[C@@H](CNC(=O)Nc2cccc3nsnc23)CC1=O. The van der Waals surface area contributed by atoms with Gasteiger partial charge in [0.15, 0.2) is 0 Å². The number of carbonyl (C=O) groups is 2. The summed E-state index contributed by atoms with van der Waals surface area (Å²) in [6.45, 7) is 2.22. The van der Waals surface area contributed by atoms with Gasteiger partial charge in [0.25, 0.3) is 0 Å². The predicted molar refractivity (Wildman–Crippen MR) is 91.0 cm³/mol. The summed E-state index contributed by atoms with van der Waals surface area (Å²) >= 11 is 1.11. The smallest absolute Gasteiger partial charge is 0.319 e. The number of ether oxygens (including phenoxy) is 1. The van der Waals surface area contributed by atoms with Gasteiger partial charge in [0.05, 0.1) is 24.0 Å². The highest BCUT2D eigenvalue weighted by atomic mass is 32.1. The van der Waals surface area contributed by atoms with Crippen molar-refractivity contribution in [3.05, 3.63) is 18.2 Å². The van der Waals surface area contributed by atoms with Crippen LogP contribution in [0.1, 0.15) is 6.42 Å². The number of hydrogen-bond donors (Lipinski definition) is 2. The van der Waals surface area contributed by atoms with Crippen molar-refractivity contribution >= 4 is 40.4 Å². The van der Waals surface area contributed by atoms with Gasteiger partial charge < -0.3 is 20.3 Å². The van der Waals surface area contributed by atoms with E-state index in [9.17, 15) is 9.59 Å². The maximum Gasteiger partial charge on any atom is 0.319 e. The first-order chi connectivity index (χ1) is 11.7. The molecule has 1 atom stereocenters. The number of aromatic nitrogens is 2. The molecule has 1 aromatic heterocycles. The lowest BCUT2D eigenvalue weighted by Gasteiger charge is -2.16.